The highest BCUT2D eigenvalue weighted by molar-refractivity contribution is 5.79. The molecule has 1 fully saturated rings. The van der Waals surface area contributed by atoms with Crippen molar-refractivity contribution < 1.29 is 19.4 Å². The molecule has 1 saturated carbocycles. The maximum Gasteiger partial charge on any atom is 0.308 e. The van der Waals surface area contributed by atoms with E-state index in [1.54, 1.807) is 0 Å². The van der Waals surface area contributed by atoms with Crippen molar-refractivity contribution in [3.63, 3.8) is 0 Å². The van der Waals surface area contributed by atoms with Gasteiger partial charge >= 0.3 is 5.97 Å². The predicted octanol–water partition coefficient (Wildman–Crippen LogP) is 2.83. The van der Waals surface area contributed by atoms with Gasteiger partial charge in [-0.1, -0.05) is 25.3 Å². The summed E-state index contributed by atoms with van der Waals surface area (Å²) in [5.74, 6) is -0.935. The van der Waals surface area contributed by atoms with Gasteiger partial charge in [0.2, 0.25) is 0 Å². The van der Waals surface area contributed by atoms with Gasteiger partial charge in [-0.05, 0) is 49.9 Å². The Balaban J connectivity index is 1.89. The van der Waals surface area contributed by atoms with Crippen molar-refractivity contribution in [2.45, 2.75) is 52.0 Å². The van der Waals surface area contributed by atoms with Gasteiger partial charge in [-0.15, -0.1) is 0 Å². The van der Waals surface area contributed by atoms with Gasteiger partial charge < -0.3 is 15.2 Å². The summed E-state index contributed by atoms with van der Waals surface area (Å²) in [5, 5.41) is 12.2. The second-order valence-electron chi connectivity index (χ2n) is 6.29. The molecule has 0 spiro atoms. The van der Waals surface area contributed by atoms with Crippen LogP contribution in [0.5, 0.6) is 5.75 Å². The summed E-state index contributed by atoms with van der Waals surface area (Å²) in [7, 11) is 0. The molecule has 0 aliphatic heterocycles. The molecule has 23 heavy (non-hydrogen) atoms. The third-order valence-corrected chi connectivity index (χ3v) is 4.53. The topological polar surface area (TPSA) is 75.6 Å². The van der Waals surface area contributed by atoms with Crippen LogP contribution in [0.1, 0.15) is 43.2 Å². The summed E-state index contributed by atoms with van der Waals surface area (Å²) in [4.78, 5) is 23.5. The van der Waals surface area contributed by atoms with E-state index in [0.717, 1.165) is 24.8 Å². The summed E-state index contributed by atoms with van der Waals surface area (Å²) in [6.07, 6.45) is 4.22. The van der Waals surface area contributed by atoms with Crippen LogP contribution in [0.25, 0.3) is 0 Å². The van der Waals surface area contributed by atoms with Gasteiger partial charge in [-0.25, -0.2) is 0 Å². The Bertz CT molecular complexity index is 570. The van der Waals surface area contributed by atoms with Crippen LogP contribution < -0.4 is 10.1 Å². The van der Waals surface area contributed by atoms with Crippen LogP contribution in [-0.2, 0) is 9.59 Å². The van der Waals surface area contributed by atoms with Crippen LogP contribution in [-0.4, -0.2) is 29.6 Å². The Morgan fingerprint density at radius 3 is 2.61 bits per heavy atom. The standard InChI is InChI=1S/C18H25NO4/c1-12-8-9-14(10-13(12)2)23-11-17(20)19-16-7-5-3-4-6-15(16)18(21)22/h8-10,15-16H,3-7,11H2,1-2H3,(H,19,20)(H,21,22)/t15-,16+/m1/s1. The Morgan fingerprint density at radius 1 is 1.17 bits per heavy atom. The smallest absolute Gasteiger partial charge is 0.308 e. The molecule has 0 unspecified atom stereocenters. The lowest BCUT2D eigenvalue weighted by Crippen LogP contribution is -2.44. The van der Waals surface area contributed by atoms with E-state index in [1.165, 1.54) is 5.56 Å². The largest absolute Gasteiger partial charge is 0.484 e. The maximum absolute atomic E-state index is 12.1. The fourth-order valence-electron chi connectivity index (χ4n) is 2.98. The monoisotopic (exact) mass is 319 g/mol. The highest BCUT2D eigenvalue weighted by Crippen LogP contribution is 2.24. The molecule has 5 nitrogen and oxygen atoms in total. The highest BCUT2D eigenvalue weighted by Gasteiger charge is 2.30. The molecule has 0 saturated heterocycles. The number of hydrogen-bond donors (Lipinski definition) is 2. The quantitative estimate of drug-likeness (QED) is 0.818. The lowest BCUT2D eigenvalue weighted by Gasteiger charge is -2.22. The zero-order valence-electron chi connectivity index (χ0n) is 13.8. The first kappa shape index (κ1) is 17.3. The number of amides is 1. The van der Waals surface area contributed by atoms with Gasteiger partial charge in [-0.2, -0.15) is 0 Å². The van der Waals surface area contributed by atoms with Crippen molar-refractivity contribution in [1.29, 1.82) is 0 Å². The van der Waals surface area contributed by atoms with Crippen molar-refractivity contribution in [1.82, 2.24) is 5.32 Å². The fraction of sp³-hybridized carbons (Fsp3) is 0.556. The molecule has 1 aliphatic rings. The number of benzene rings is 1. The van der Waals surface area contributed by atoms with E-state index in [9.17, 15) is 14.7 Å². The second kappa shape index (κ2) is 7.99. The van der Waals surface area contributed by atoms with Crippen molar-refractivity contribution >= 4 is 11.9 Å². The number of ether oxygens (including phenoxy) is 1. The number of rotatable bonds is 5. The van der Waals surface area contributed by atoms with Crippen LogP contribution in [0, 0.1) is 19.8 Å². The molecule has 0 aromatic heterocycles. The zero-order chi connectivity index (χ0) is 16.8. The minimum Gasteiger partial charge on any atom is -0.484 e. The van der Waals surface area contributed by atoms with Gasteiger partial charge in [0.25, 0.3) is 5.91 Å². The molecule has 2 N–H and O–H groups in total. The number of nitrogens with one attached hydrogen (secondary N) is 1. The van der Waals surface area contributed by atoms with Gasteiger partial charge in [0.1, 0.15) is 5.75 Å². The number of carbonyl (C=O) groups excluding carboxylic acids is 1. The average molecular weight is 319 g/mol. The molecule has 0 radical (unpaired) electrons. The first-order valence-corrected chi connectivity index (χ1v) is 8.19. The van der Waals surface area contributed by atoms with Crippen molar-refractivity contribution in [3.05, 3.63) is 29.3 Å². The van der Waals surface area contributed by atoms with Gasteiger partial charge in [0, 0.05) is 6.04 Å². The lowest BCUT2D eigenvalue weighted by atomic mass is 9.95. The highest BCUT2D eigenvalue weighted by atomic mass is 16.5. The summed E-state index contributed by atoms with van der Waals surface area (Å²) >= 11 is 0. The van der Waals surface area contributed by atoms with Crippen LogP contribution in [0.3, 0.4) is 0 Å². The van der Waals surface area contributed by atoms with Crippen molar-refractivity contribution in [2.75, 3.05) is 6.61 Å². The Hall–Kier alpha value is -2.04. The third-order valence-electron chi connectivity index (χ3n) is 4.53. The van der Waals surface area contributed by atoms with Crippen LogP contribution in [0.2, 0.25) is 0 Å². The average Bonchev–Trinajstić information content (AvgIpc) is 2.74. The molecule has 1 aliphatic carbocycles. The maximum atomic E-state index is 12.1. The van der Waals surface area contributed by atoms with E-state index >= 15 is 0 Å². The van der Waals surface area contributed by atoms with E-state index in [-0.39, 0.29) is 18.6 Å². The number of carbonyl (C=O) groups is 2. The first-order valence-electron chi connectivity index (χ1n) is 8.19. The molecular weight excluding hydrogens is 294 g/mol. The molecule has 0 heterocycles. The van der Waals surface area contributed by atoms with E-state index in [0.29, 0.717) is 18.6 Å². The van der Waals surface area contributed by atoms with Crippen LogP contribution in [0.4, 0.5) is 0 Å². The van der Waals surface area contributed by atoms with Gasteiger partial charge in [0.15, 0.2) is 6.61 Å². The van der Waals surface area contributed by atoms with E-state index in [2.05, 4.69) is 5.32 Å². The Morgan fingerprint density at radius 2 is 1.91 bits per heavy atom. The zero-order valence-corrected chi connectivity index (χ0v) is 13.8. The number of hydrogen-bond acceptors (Lipinski definition) is 3. The van der Waals surface area contributed by atoms with Crippen LogP contribution in [0.15, 0.2) is 18.2 Å². The first-order chi connectivity index (χ1) is 11.0. The molecule has 1 amide bonds. The normalized spacial score (nSPS) is 21.3. The second-order valence-corrected chi connectivity index (χ2v) is 6.29. The predicted molar refractivity (Wildman–Crippen MR) is 87.6 cm³/mol. The molecule has 1 aromatic rings. The van der Waals surface area contributed by atoms with E-state index < -0.39 is 11.9 Å². The van der Waals surface area contributed by atoms with E-state index in [1.807, 2.05) is 32.0 Å². The summed E-state index contributed by atoms with van der Waals surface area (Å²) in [6, 6.07) is 5.38. The number of aliphatic carboxylic acids is 1. The molecule has 2 rings (SSSR count). The molecular formula is C18H25NO4. The number of carboxylic acid groups (broad SMARTS) is 1. The van der Waals surface area contributed by atoms with Gasteiger partial charge in [0.05, 0.1) is 5.92 Å². The molecule has 2 atom stereocenters. The van der Waals surface area contributed by atoms with Crippen molar-refractivity contribution in [3.8, 4) is 5.75 Å². The SMILES string of the molecule is Cc1ccc(OCC(=O)N[C@H]2CCCCC[C@H]2C(=O)O)cc1C. The lowest BCUT2D eigenvalue weighted by molar-refractivity contribution is -0.143. The minimum atomic E-state index is -0.827. The Kier molecular flexibility index (Phi) is 6.02. The van der Waals surface area contributed by atoms with E-state index in [4.69, 9.17) is 4.74 Å². The third kappa shape index (κ3) is 4.98. The summed E-state index contributed by atoms with van der Waals surface area (Å²) in [6.45, 7) is 3.92. The summed E-state index contributed by atoms with van der Waals surface area (Å²) < 4.78 is 5.51. The molecule has 0 bridgehead atoms. The Labute approximate surface area is 137 Å². The summed E-state index contributed by atoms with van der Waals surface area (Å²) in [5.41, 5.74) is 2.28. The van der Waals surface area contributed by atoms with Gasteiger partial charge in [-0.3, -0.25) is 9.59 Å². The number of carboxylic acids is 1. The van der Waals surface area contributed by atoms with Crippen LogP contribution >= 0.6 is 0 Å². The minimum absolute atomic E-state index is 0.0919. The number of aryl methyl sites for hydroxylation is 2. The van der Waals surface area contributed by atoms with Crippen molar-refractivity contribution in [2.24, 2.45) is 5.92 Å². The molecule has 126 valence electrons. The molecule has 1 aromatic carbocycles. The molecule has 5 heteroatoms. The fourth-order valence-corrected chi connectivity index (χ4v) is 2.98.